The van der Waals surface area contributed by atoms with Crippen LogP contribution in [-0.4, -0.2) is 44.2 Å². The Morgan fingerprint density at radius 1 is 1.11 bits per heavy atom. The Kier molecular flexibility index (Phi) is 7.31. The summed E-state index contributed by atoms with van der Waals surface area (Å²) in [5, 5.41) is 3.13. The van der Waals surface area contributed by atoms with E-state index >= 15 is 0 Å². The highest BCUT2D eigenvalue weighted by Crippen LogP contribution is 2.27. The van der Waals surface area contributed by atoms with Crippen molar-refractivity contribution in [3.63, 3.8) is 0 Å². The lowest BCUT2D eigenvalue weighted by Gasteiger charge is -2.28. The summed E-state index contributed by atoms with van der Waals surface area (Å²) in [4.78, 5) is 15.0. The van der Waals surface area contributed by atoms with E-state index in [1.54, 1.807) is 7.11 Å². The van der Waals surface area contributed by atoms with Crippen molar-refractivity contribution in [2.45, 2.75) is 32.2 Å². The van der Waals surface area contributed by atoms with Gasteiger partial charge in [-0.2, -0.15) is 0 Å². The zero-order valence-electron chi connectivity index (χ0n) is 16.8. The molecule has 1 N–H and O–H groups in total. The van der Waals surface area contributed by atoms with Gasteiger partial charge < -0.3 is 14.8 Å². The fourth-order valence-corrected chi connectivity index (χ4v) is 3.69. The van der Waals surface area contributed by atoms with Crippen LogP contribution in [0.4, 0.5) is 0 Å². The zero-order valence-corrected chi connectivity index (χ0v) is 16.8. The van der Waals surface area contributed by atoms with Gasteiger partial charge in [-0.15, -0.1) is 0 Å². The van der Waals surface area contributed by atoms with E-state index in [1.165, 1.54) is 18.4 Å². The molecule has 2 aromatic rings. The summed E-state index contributed by atoms with van der Waals surface area (Å²) in [6.07, 6.45) is 2.79. The van der Waals surface area contributed by atoms with Crippen molar-refractivity contribution < 1.29 is 14.3 Å². The molecule has 3 rings (SSSR count). The molecule has 150 valence electrons. The highest BCUT2D eigenvalue weighted by atomic mass is 16.5. The molecule has 1 aliphatic rings. The van der Waals surface area contributed by atoms with Crippen LogP contribution in [0.1, 0.15) is 36.9 Å². The van der Waals surface area contributed by atoms with Crippen molar-refractivity contribution in [2.75, 3.05) is 33.4 Å². The molecule has 28 heavy (non-hydrogen) atoms. The van der Waals surface area contributed by atoms with Crippen LogP contribution in [-0.2, 0) is 11.2 Å². The lowest BCUT2D eigenvalue weighted by Crippen LogP contribution is -2.37. The highest BCUT2D eigenvalue weighted by Gasteiger charge is 2.24. The summed E-state index contributed by atoms with van der Waals surface area (Å²) in [7, 11) is 1.68. The maximum atomic E-state index is 12.5. The molecule has 0 aromatic heterocycles. The van der Waals surface area contributed by atoms with Gasteiger partial charge in [-0.1, -0.05) is 24.3 Å². The molecule has 1 heterocycles. The maximum Gasteiger partial charge on any atom is 0.224 e. The minimum absolute atomic E-state index is 0.0382. The van der Waals surface area contributed by atoms with E-state index in [1.807, 2.05) is 43.3 Å². The molecule has 5 nitrogen and oxygen atoms in total. The Balaban J connectivity index is 1.61. The van der Waals surface area contributed by atoms with Gasteiger partial charge >= 0.3 is 0 Å². The number of carbonyl (C=O) groups is 1. The minimum Gasteiger partial charge on any atom is -0.497 e. The van der Waals surface area contributed by atoms with E-state index in [2.05, 4.69) is 22.3 Å². The smallest absolute Gasteiger partial charge is 0.224 e. The van der Waals surface area contributed by atoms with Crippen LogP contribution >= 0.6 is 0 Å². The number of nitrogens with zero attached hydrogens (tertiary/aromatic N) is 1. The molecule has 0 spiro atoms. The number of nitrogens with one attached hydrogen (secondary N) is 1. The van der Waals surface area contributed by atoms with Crippen LogP contribution < -0.4 is 14.8 Å². The van der Waals surface area contributed by atoms with Crippen LogP contribution in [0.25, 0.3) is 0 Å². The number of rotatable bonds is 9. The molecule has 5 heteroatoms. The minimum atomic E-state index is 0.0382. The number of ether oxygens (including phenoxy) is 2. The van der Waals surface area contributed by atoms with E-state index in [9.17, 15) is 4.79 Å². The first-order chi connectivity index (χ1) is 13.7. The van der Waals surface area contributed by atoms with E-state index in [-0.39, 0.29) is 11.9 Å². The second-order valence-electron chi connectivity index (χ2n) is 7.09. The van der Waals surface area contributed by atoms with E-state index in [0.717, 1.165) is 30.2 Å². The van der Waals surface area contributed by atoms with Gasteiger partial charge in [-0.05, 0) is 68.2 Å². The average Bonchev–Trinajstić information content (AvgIpc) is 3.24. The lowest BCUT2D eigenvalue weighted by atomic mass is 10.0. The van der Waals surface area contributed by atoms with Crippen molar-refractivity contribution in [2.24, 2.45) is 0 Å². The highest BCUT2D eigenvalue weighted by molar-refractivity contribution is 5.78. The molecule has 1 unspecified atom stereocenters. The fourth-order valence-electron chi connectivity index (χ4n) is 3.69. The zero-order chi connectivity index (χ0) is 19.8. The first-order valence-electron chi connectivity index (χ1n) is 10.1. The molecule has 0 radical (unpaired) electrons. The van der Waals surface area contributed by atoms with Crippen molar-refractivity contribution in [3.05, 3.63) is 59.7 Å². The number of hydrogen-bond acceptors (Lipinski definition) is 4. The first kappa shape index (κ1) is 20.2. The summed E-state index contributed by atoms with van der Waals surface area (Å²) in [6.45, 7) is 5.33. The molecule has 0 aliphatic carbocycles. The van der Waals surface area contributed by atoms with E-state index in [0.29, 0.717) is 19.6 Å². The number of likely N-dealkylation sites (tertiary alicyclic amines) is 1. The third-order valence-electron chi connectivity index (χ3n) is 5.15. The second kappa shape index (κ2) is 10.1. The first-order valence-corrected chi connectivity index (χ1v) is 10.1. The normalized spacial score (nSPS) is 15.2. The standard InChI is InChI=1S/C23H30N2O3/c1-3-28-20-11-9-18(10-12-20)15-23(26)24-17-22(25-13-4-5-14-25)19-7-6-8-21(16-19)27-2/h6-12,16,22H,3-5,13-15,17H2,1-2H3,(H,24,26). The molecule has 1 atom stereocenters. The number of benzene rings is 2. The number of carbonyl (C=O) groups excluding carboxylic acids is 1. The summed E-state index contributed by atoms with van der Waals surface area (Å²) in [5.74, 6) is 1.72. The maximum absolute atomic E-state index is 12.5. The van der Waals surface area contributed by atoms with Gasteiger partial charge in [0.25, 0.3) is 0 Å². The molecule has 1 amide bonds. The molecule has 0 bridgehead atoms. The number of methoxy groups -OCH3 is 1. The van der Waals surface area contributed by atoms with Gasteiger partial charge in [0, 0.05) is 6.54 Å². The van der Waals surface area contributed by atoms with Gasteiger partial charge in [-0.3, -0.25) is 9.69 Å². The van der Waals surface area contributed by atoms with Crippen molar-refractivity contribution in [3.8, 4) is 11.5 Å². The Hall–Kier alpha value is -2.53. The molecule has 1 saturated heterocycles. The van der Waals surface area contributed by atoms with E-state index in [4.69, 9.17) is 9.47 Å². The van der Waals surface area contributed by atoms with Crippen LogP contribution in [0.5, 0.6) is 11.5 Å². The topological polar surface area (TPSA) is 50.8 Å². The molecule has 2 aromatic carbocycles. The number of amides is 1. The van der Waals surface area contributed by atoms with Crippen LogP contribution in [0.15, 0.2) is 48.5 Å². The van der Waals surface area contributed by atoms with Gasteiger partial charge in [0.2, 0.25) is 5.91 Å². The number of hydrogen-bond donors (Lipinski definition) is 1. The largest absolute Gasteiger partial charge is 0.497 e. The summed E-state index contributed by atoms with van der Waals surface area (Å²) >= 11 is 0. The molecule has 1 fully saturated rings. The third-order valence-corrected chi connectivity index (χ3v) is 5.15. The van der Waals surface area contributed by atoms with Gasteiger partial charge in [0.05, 0.1) is 26.2 Å². The van der Waals surface area contributed by atoms with Crippen molar-refractivity contribution in [1.82, 2.24) is 10.2 Å². The predicted molar refractivity (Wildman–Crippen MR) is 111 cm³/mol. The molecular weight excluding hydrogens is 352 g/mol. The summed E-state index contributed by atoms with van der Waals surface area (Å²) in [6, 6.07) is 16.0. The van der Waals surface area contributed by atoms with Crippen LogP contribution in [0.2, 0.25) is 0 Å². The predicted octanol–water partition coefficient (Wildman–Crippen LogP) is 3.59. The Labute approximate surface area is 167 Å². The van der Waals surface area contributed by atoms with Gasteiger partial charge in [-0.25, -0.2) is 0 Å². The monoisotopic (exact) mass is 382 g/mol. The Morgan fingerprint density at radius 2 is 1.86 bits per heavy atom. The van der Waals surface area contributed by atoms with E-state index < -0.39 is 0 Å². The summed E-state index contributed by atoms with van der Waals surface area (Å²) in [5.41, 5.74) is 2.17. The van der Waals surface area contributed by atoms with Gasteiger partial charge in [0.15, 0.2) is 0 Å². The quantitative estimate of drug-likeness (QED) is 0.720. The van der Waals surface area contributed by atoms with Crippen molar-refractivity contribution in [1.29, 1.82) is 0 Å². The van der Waals surface area contributed by atoms with Crippen molar-refractivity contribution >= 4 is 5.91 Å². The molecular formula is C23H30N2O3. The second-order valence-corrected chi connectivity index (χ2v) is 7.09. The van der Waals surface area contributed by atoms with Crippen LogP contribution in [0, 0.1) is 0 Å². The Morgan fingerprint density at radius 3 is 2.54 bits per heavy atom. The van der Waals surface area contributed by atoms with Crippen LogP contribution in [0.3, 0.4) is 0 Å². The lowest BCUT2D eigenvalue weighted by molar-refractivity contribution is -0.120. The molecule has 0 saturated carbocycles. The Bertz CT molecular complexity index is 755. The fraction of sp³-hybridized carbons (Fsp3) is 0.435. The van der Waals surface area contributed by atoms with Gasteiger partial charge in [0.1, 0.15) is 11.5 Å². The SMILES string of the molecule is CCOc1ccc(CC(=O)NCC(c2cccc(OC)c2)N2CCCC2)cc1. The average molecular weight is 383 g/mol. The summed E-state index contributed by atoms with van der Waals surface area (Å²) < 4.78 is 10.8. The molecule has 1 aliphatic heterocycles. The third kappa shape index (κ3) is 5.49.